The second kappa shape index (κ2) is 4.41. The van der Waals surface area contributed by atoms with Gasteiger partial charge in [-0.2, -0.15) is 0 Å². The molecule has 1 aliphatic carbocycles. The van der Waals surface area contributed by atoms with Crippen LogP contribution in [0.25, 0.3) is 0 Å². The molecule has 6 heteroatoms. The Morgan fingerprint density at radius 2 is 1.95 bits per heavy atom. The Labute approximate surface area is 120 Å². The molecule has 0 aromatic heterocycles. The number of hydrogen-bond donors (Lipinski definition) is 2. The van der Waals surface area contributed by atoms with Crippen LogP contribution >= 0.6 is 0 Å². The highest BCUT2D eigenvalue weighted by Crippen LogP contribution is 2.40. The molecule has 0 spiro atoms. The maximum absolute atomic E-state index is 12.6. The summed E-state index contributed by atoms with van der Waals surface area (Å²) in [5, 5.41) is 19.6. The molecule has 0 saturated heterocycles. The van der Waals surface area contributed by atoms with Gasteiger partial charge in [-0.25, -0.2) is 0 Å². The highest BCUT2D eigenvalue weighted by atomic mass is 16.6. The molecule has 0 amide bonds. The number of hydrogen-bond acceptors (Lipinski definition) is 6. The fourth-order valence-electron chi connectivity index (χ4n) is 2.71. The van der Waals surface area contributed by atoms with Gasteiger partial charge in [0.15, 0.2) is 17.4 Å². The molecule has 6 nitrogen and oxygen atoms in total. The van der Waals surface area contributed by atoms with E-state index in [0.29, 0.717) is 0 Å². The molecule has 2 N–H and O–H groups in total. The van der Waals surface area contributed by atoms with Crippen LogP contribution in [0.1, 0.15) is 34.1 Å². The van der Waals surface area contributed by atoms with Gasteiger partial charge in [-0.15, -0.1) is 0 Å². The Bertz CT molecular complexity index is 698. The smallest absolute Gasteiger partial charge is 0.196 e. The van der Waals surface area contributed by atoms with Gasteiger partial charge in [-0.1, -0.05) is 0 Å². The van der Waals surface area contributed by atoms with E-state index in [9.17, 15) is 19.8 Å². The highest BCUT2D eigenvalue weighted by Gasteiger charge is 2.41. The van der Waals surface area contributed by atoms with Gasteiger partial charge in [0.2, 0.25) is 0 Å². The number of carbonyl (C=O) groups excluding carboxylic acids is 2. The van der Waals surface area contributed by atoms with Gasteiger partial charge in [-0.05, 0) is 13.0 Å². The minimum Gasteiger partial charge on any atom is -0.508 e. The molecule has 3 rings (SSSR count). The molecule has 2 aliphatic rings. The van der Waals surface area contributed by atoms with E-state index in [0.717, 1.165) is 0 Å². The normalized spacial score (nSPS) is 24.7. The molecule has 0 bridgehead atoms. The summed E-state index contributed by atoms with van der Waals surface area (Å²) in [5.41, 5.74) is 0.692. The highest BCUT2D eigenvalue weighted by molar-refractivity contribution is 6.28. The first-order chi connectivity index (χ1) is 9.84. The third kappa shape index (κ3) is 2.03. The Kier molecular flexibility index (Phi) is 2.89. The number of aliphatic hydroxyl groups is 1. The Hall–Kier alpha value is -2.18. The van der Waals surface area contributed by atoms with Gasteiger partial charge in [0.25, 0.3) is 0 Å². The standard InChI is InChI=1S/C15H14O6/c1-15(19)5-9-10(6-21-15)14(18)12-8(13(9)17)3-7(16)4-11(12)20-2/h3-4,16,19H,5-6H2,1-2H3/t15-/m0/s1. The molecule has 0 fully saturated rings. The van der Waals surface area contributed by atoms with Crippen molar-refractivity contribution >= 4 is 11.6 Å². The van der Waals surface area contributed by atoms with Crippen molar-refractivity contribution < 1.29 is 29.3 Å². The number of benzene rings is 1. The third-order valence-electron chi connectivity index (χ3n) is 3.72. The van der Waals surface area contributed by atoms with Crippen LogP contribution in [0.15, 0.2) is 23.3 Å². The zero-order valence-corrected chi connectivity index (χ0v) is 11.6. The number of rotatable bonds is 1. The van der Waals surface area contributed by atoms with Gasteiger partial charge < -0.3 is 19.7 Å². The van der Waals surface area contributed by atoms with Crippen molar-refractivity contribution in [2.45, 2.75) is 19.1 Å². The monoisotopic (exact) mass is 290 g/mol. The van der Waals surface area contributed by atoms with Crippen LogP contribution in [0.3, 0.4) is 0 Å². The van der Waals surface area contributed by atoms with Gasteiger partial charge >= 0.3 is 0 Å². The van der Waals surface area contributed by atoms with Gasteiger partial charge in [0.05, 0.1) is 19.3 Å². The van der Waals surface area contributed by atoms with Gasteiger partial charge in [0.1, 0.15) is 11.5 Å². The van der Waals surface area contributed by atoms with E-state index < -0.39 is 11.6 Å². The van der Waals surface area contributed by atoms with Crippen LogP contribution in [0, 0.1) is 0 Å². The van der Waals surface area contributed by atoms with Crippen molar-refractivity contribution in [3.8, 4) is 11.5 Å². The first-order valence-electron chi connectivity index (χ1n) is 6.43. The maximum atomic E-state index is 12.6. The molecule has 21 heavy (non-hydrogen) atoms. The molecule has 0 unspecified atom stereocenters. The zero-order chi connectivity index (χ0) is 15.4. The minimum absolute atomic E-state index is 0.0652. The summed E-state index contributed by atoms with van der Waals surface area (Å²) in [6.07, 6.45) is -0.0652. The van der Waals surface area contributed by atoms with E-state index in [2.05, 4.69) is 0 Å². The molecule has 0 radical (unpaired) electrons. The van der Waals surface area contributed by atoms with Crippen molar-refractivity contribution in [2.75, 3.05) is 13.7 Å². The topological polar surface area (TPSA) is 93.1 Å². The predicted molar refractivity (Wildman–Crippen MR) is 71.5 cm³/mol. The van der Waals surface area contributed by atoms with Crippen LogP contribution in [0.2, 0.25) is 0 Å². The summed E-state index contributed by atoms with van der Waals surface area (Å²) in [6.45, 7) is 1.31. The van der Waals surface area contributed by atoms with Gasteiger partial charge in [-0.3, -0.25) is 9.59 Å². The van der Waals surface area contributed by atoms with E-state index in [-0.39, 0.29) is 52.6 Å². The lowest BCUT2D eigenvalue weighted by molar-refractivity contribution is -0.187. The van der Waals surface area contributed by atoms with E-state index in [4.69, 9.17) is 9.47 Å². The summed E-state index contributed by atoms with van der Waals surface area (Å²) in [6, 6.07) is 2.53. The Balaban J connectivity index is 2.21. The van der Waals surface area contributed by atoms with Crippen LogP contribution in [0.5, 0.6) is 11.5 Å². The van der Waals surface area contributed by atoms with Crippen LogP contribution in [0.4, 0.5) is 0 Å². The molecular weight excluding hydrogens is 276 g/mol. The zero-order valence-electron chi connectivity index (χ0n) is 11.6. The van der Waals surface area contributed by atoms with Crippen molar-refractivity contribution in [2.24, 2.45) is 0 Å². The van der Waals surface area contributed by atoms with E-state index in [1.165, 1.54) is 26.2 Å². The van der Waals surface area contributed by atoms with Crippen molar-refractivity contribution in [3.63, 3.8) is 0 Å². The van der Waals surface area contributed by atoms with Crippen molar-refractivity contribution in [1.29, 1.82) is 0 Å². The number of fused-ring (bicyclic) bond motifs is 1. The van der Waals surface area contributed by atoms with Gasteiger partial charge in [0, 0.05) is 29.2 Å². The molecule has 110 valence electrons. The molecule has 1 heterocycles. The van der Waals surface area contributed by atoms with Crippen LogP contribution in [-0.2, 0) is 4.74 Å². The summed E-state index contributed by atoms with van der Waals surface area (Å²) >= 11 is 0. The van der Waals surface area contributed by atoms with E-state index in [1.54, 1.807) is 0 Å². The average molecular weight is 290 g/mol. The average Bonchev–Trinajstić information content (AvgIpc) is 2.42. The van der Waals surface area contributed by atoms with Crippen molar-refractivity contribution in [3.05, 3.63) is 34.4 Å². The van der Waals surface area contributed by atoms with E-state index in [1.807, 2.05) is 0 Å². The summed E-state index contributed by atoms with van der Waals surface area (Å²) in [4.78, 5) is 25.1. The number of ketones is 2. The fourth-order valence-corrected chi connectivity index (χ4v) is 2.71. The number of methoxy groups -OCH3 is 1. The summed E-state index contributed by atoms with van der Waals surface area (Å²) in [7, 11) is 1.36. The fraction of sp³-hybridized carbons (Fsp3) is 0.333. The lowest BCUT2D eigenvalue weighted by Gasteiger charge is -2.33. The number of carbonyl (C=O) groups is 2. The Morgan fingerprint density at radius 3 is 2.62 bits per heavy atom. The van der Waals surface area contributed by atoms with Crippen LogP contribution in [-0.4, -0.2) is 41.3 Å². The lowest BCUT2D eigenvalue weighted by Crippen LogP contribution is -2.39. The molecule has 0 saturated carbocycles. The molecule has 1 aromatic rings. The number of phenolic OH excluding ortho intramolecular Hbond substituents is 1. The number of Topliss-reactive ketones (excluding diaryl/α,β-unsaturated/α-hetero) is 2. The minimum atomic E-state index is -1.48. The second-order valence-electron chi connectivity index (χ2n) is 5.33. The summed E-state index contributed by atoms with van der Waals surface area (Å²) in [5.74, 6) is -2.25. The molecule has 1 aliphatic heterocycles. The number of aromatic hydroxyl groups is 1. The molecule has 1 atom stereocenters. The Morgan fingerprint density at radius 1 is 1.24 bits per heavy atom. The third-order valence-corrected chi connectivity index (χ3v) is 3.72. The predicted octanol–water partition coefficient (Wildman–Crippen LogP) is 1.21. The first-order valence-corrected chi connectivity index (χ1v) is 6.43. The van der Waals surface area contributed by atoms with Crippen molar-refractivity contribution in [1.82, 2.24) is 0 Å². The van der Waals surface area contributed by atoms with E-state index >= 15 is 0 Å². The quantitative estimate of drug-likeness (QED) is 0.807. The first kappa shape index (κ1) is 13.8. The number of ether oxygens (including phenoxy) is 2. The van der Waals surface area contributed by atoms with Crippen LogP contribution < -0.4 is 4.74 Å². The molecular formula is C15H14O6. The SMILES string of the molecule is COc1cc(O)cc2c1C(=O)C1=C(C[C@@](C)(O)OC1)C2=O. The molecule has 1 aromatic carbocycles. The summed E-state index contributed by atoms with van der Waals surface area (Å²) < 4.78 is 10.3. The largest absolute Gasteiger partial charge is 0.508 e. The number of phenols is 1. The maximum Gasteiger partial charge on any atom is 0.196 e. The second-order valence-corrected chi connectivity index (χ2v) is 5.33. The lowest BCUT2D eigenvalue weighted by atomic mass is 9.80.